The summed E-state index contributed by atoms with van der Waals surface area (Å²) < 4.78 is 23.3. The lowest BCUT2D eigenvalue weighted by atomic mass is 10.1. The van der Waals surface area contributed by atoms with Crippen LogP contribution in [-0.4, -0.2) is 26.1 Å². The van der Waals surface area contributed by atoms with Gasteiger partial charge in [0.05, 0.1) is 26.2 Å². The van der Waals surface area contributed by atoms with Gasteiger partial charge >= 0.3 is 5.97 Å². The number of benzene rings is 1. The predicted octanol–water partition coefficient (Wildman–Crippen LogP) is 3.48. The molecule has 0 fully saturated rings. The first-order valence-electron chi connectivity index (χ1n) is 7.18. The Balaban J connectivity index is 2.17. The number of carbonyl (C=O) groups excluding carboxylic acids is 2. The molecule has 0 radical (unpaired) electrons. The third-order valence-corrected chi connectivity index (χ3v) is 4.73. The number of thiophene rings is 1. The van der Waals surface area contributed by atoms with E-state index in [1.165, 1.54) is 37.7 Å². The lowest BCUT2D eigenvalue weighted by Crippen LogP contribution is -2.16. The van der Waals surface area contributed by atoms with E-state index in [0.29, 0.717) is 16.1 Å². The molecule has 0 bridgehead atoms. The summed E-state index contributed by atoms with van der Waals surface area (Å²) in [6.45, 7) is 3.66. The van der Waals surface area contributed by atoms with E-state index >= 15 is 0 Å². The number of ether oxygens (including phenoxy) is 2. The van der Waals surface area contributed by atoms with Crippen molar-refractivity contribution in [3.63, 3.8) is 0 Å². The lowest BCUT2D eigenvalue weighted by Gasteiger charge is -2.07. The molecule has 2 rings (SSSR count). The van der Waals surface area contributed by atoms with E-state index in [4.69, 9.17) is 9.47 Å². The van der Waals surface area contributed by atoms with Gasteiger partial charge in [0.2, 0.25) is 5.91 Å². The summed E-state index contributed by atoms with van der Waals surface area (Å²) in [7, 11) is 2.67. The Morgan fingerprint density at radius 1 is 1.25 bits per heavy atom. The van der Waals surface area contributed by atoms with E-state index < -0.39 is 11.8 Å². The summed E-state index contributed by atoms with van der Waals surface area (Å²) in [6, 6.07) is 4.34. The number of carbonyl (C=O) groups is 2. The number of nitrogens with one attached hydrogen (secondary N) is 1. The Hall–Kier alpha value is -2.41. The summed E-state index contributed by atoms with van der Waals surface area (Å²) in [5, 5.41) is 3.15. The van der Waals surface area contributed by atoms with Gasteiger partial charge in [-0.2, -0.15) is 0 Å². The topological polar surface area (TPSA) is 64.6 Å². The van der Waals surface area contributed by atoms with Gasteiger partial charge in [-0.15, -0.1) is 11.3 Å². The van der Waals surface area contributed by atoms with Crippen LogP contribution in [0, 0.1) is 19.7 Å². The van der Waals surface area contributed by atoms with Crippen molar-refractivity contribution >= 4 is 28.2 Å². The highest BCUT2D eigenvalue weighted by atomic mass is 32.1. The molecule has 1 N–H and O–H groups in total. The molecule has 0 saturated carbocycles. The van der Waals surface area contributed by atoms with Crippen molar-refractivity contribution < 1.29 is 23.5 Å². The van der Waals surface area contributed by atoms with Crippen molar-refractivity contribution in [2.24, 2.45) is 0 Å². The fraction of sp³-hybridized carbons (Fsp3) is 0.294. The molecule has 1 heterocycles. The molecule has 0 aliphatic carbocycles. The van der Waals surface area contributed by atoms with Gasteiger partial charge in [0.15, 0.2) is 11.6 Å². The maximum atomic E-state index is 13.7. The summed E-state index contributed by atoms with van der Waals surface area (Å²) in [5.74, 6) is -1.24. The van der Waals surface area contributed by atoms with Gasteiger partial charge in [-0.3, -0.25) is 4.79 Å². The normalized spacial score (nSPS) is 10.4. The number of halogens is 1. The van der Waals surface area contributed by atoms with Crippen LogP contribution in [0.2, 0.25) is 0 Å². The first kappa shape index (κ1) is 17.9. The van der Waals surface area contributed by atoms with Gasteiger partial charge in [-0.1, -0.05) is 6.07 Å². The van der Waals surface area contributed by atoms with Gasteiger partial charge in [-0.05, 0) is 37.1 Å². The molecule has 7 heteroatoms. The number of hydrogen-bond donors (Lipinski definition) is 1. The van der Waals surface area contributed by atoms with Gasteiger partial charge < -0.3 is 14.8 Å². The Morgan fingerprint density at radius 3 is 2.54 bits per heavy atom. The predicted molar refractivity (Wildman–Crippen MR) is 90.4 cm³/mol. The molecule has 0 aliphatic heterocycles. The van der Waals surface area contributed by atoms with E-state index in [-0.39, 0.29) is 18.1 Å². The number of rotatable bonds is 5. The molecule has 5 nitrogen and oxygen atoms in total. The van der Waals surface area contributed by atoms with E-state index in [2.05, 4.69) is 5.32 Å². The highest BCUT2D eigenvalue weighted by molar-refractivity contribution is 7.16. The highest BCUT2D eigenvalue weighted by Gasteiger charge is 2.21. The minimum absolute atomic E-state index is 0.0163. The van der Waals surface area contributed by atoms with Crippen LogP contribution < -0.4 is 10.1 Å². The molecule has 1 aromatic carbocycles. The van der Waals surface area contributed by atoms with Crippen LogP contribution in [0.1, 0.15) is 26.4 Å². The minimum atomic E-state index is -0.527. The lowest BCUT2D eigenvalue weighted by molar-refractivity contribution is -0.115. The van der Waals surface area contributed by atoms with Crippen LogP contribution in [0.25, 0.3) is 0 Å². The van der Waals surface area contributed by atoms with Crippen LogP contribution >= 0.6 is 11.3 Å². The Kier molecular flexibility index (Phi) is 5.56. The molecule has 2 aromatic rings. The Labute approximate surface area is 143 Å². The number of amides is 1. The second kappa shape index (κ2) is 7.44. The van der Waals surface area contributed by atoms with Crippen LogP contribution in [0.3, 0.4) is 0 Å². The fourth-order valence-corrected chi connectivity index (χ4v) is 3.30. The smallest absolute Gasteiger partial charge is 0.341 e. The second-order valence-electron chi connectivity index (χ2n) is 5.17. The van der Waals surface area contributed by atoms with E-state index in [1.54, 1.807) is 13.0 Å². The van der Waals surface area contributed by atoms with Crippen molar-refractivity contribution in [3.8, 4) is 5.75 Å². The third kappa shape index (κ3) is 3.73. The van der Waals surface area contributed by atoms with Crippen molar-refractivity contribution in [1.82, 2.24) is 0 Å². The molecule has 0 aliphatic rings. The number of aryl methyl sites for hydroxylation is 1. The van der Waals surface area contributed by atoms with Gasteiger partial charge in [0.25, 0.3) is 0 Å². The summed E-state index contributed by atoms with van der Waals surface area (Å²) >= 11 is 1.31. The number of anilines is 1. The standard InChI is InChI=1S/C17H18FNO4S/c1-9-10(2)24-16(15(9)17(21)23-4)19-14(20)8-11-5-6-13(22-3)12(18)7-11/h5-7H,8H2,1-4H3,(H,19,20). The Bertz CT molecular complexity index is 785. The van der Waals surface area contributed by atoms with Crippen molar-refractivity contribution in [2.45, 2.75) is 20.3 Å². The zero-order valence-corrected chi connectivity index (χ0v) is 14.7. The Morgan fingerprint density at radius 2 is 1.96 bits per heavy atom. The molecule has 1 aromatic heterocycles. The largest absolute Gasteiger partial charge is 0.494 e. The monoisotopic (exact) mass is 351 g/mol. The van der Waals surface area contributed by atoms with Gasteiger partial charge in [0.1, 0.15) is 5.00 Å². The summed E-state index contributed by atoms with van der Waals surface area (Å²) in [6.07, 6.45) is -0.0163. The summed E-state index contributed by atoms with van der Waals surface area (Å²) in [4.78, 5) is 25.0. The van der Waals surface area contributed by atoms with E-state index in [1.807, 2.05) is 6.92 Å². The zero-order valence-electron chi connectivity index (χ0n) is 13.9. The second-order valence-corrected chi connectivity index (χ2v) is 6.40. The van der Waals surface area contributed by atoms with Crippen LogP contribution in [0.15, 0.2) is 18.2 Å². The molecular formula is C17H18FNO4S. The van der Waals surface area contributed by atoms with Crippen molar-refractivity contribution in [3.05, 3.63) is 45.6 Å². The maximum absolute atomic E-state index is 13.7. The molecule has 1 amide bonds. The number of methoxy groups -OCH3 is 2. The average Bonchev–Trinajstić information content (AvgIpc) is 2.81. The maximum Gasteiger partial charge on any atom is 0.341 e. The van der Waals surface area contributed by atoms with Gasteiger partial charge in [0, 0.05) is 4.88 Å². The number of hydrogen-bond acceptors (Lipinski definition) is 5. The molecule has 24 heavy (non-hydrogen) atoms. The minimum Gasteiger partial charge on any atom is -0.494 e. The van der Waals surface area contributed by atoms with E-state index in [9.17, 15) is 14.0 Å². The molecule has 0 atom stereocenters. The molecule has 0 unspecified atom stereocenters. The first-order valence-corrected chi connectivity index (χ1v) is 7.99. The quantitative estimate of drug-likeness (QED) is 0.838. The molecule has 0 saturated heterocycles. The number of esters is 1. The average molecular weight is 351 g/mol. The molecule has 0 spiro atoms. The van der Waals surface area contributed by atoms with Crippen molar-refractivity contribution in [2.75, 3.05) is 19.5 Å². The third-order valence-electron chi connectivity index (χ3n) is 3.61. The highest BCUT2D eigenvalue weighted by Crippen LogP contribution is 2.33. The van der Waals surface area contributed by atoms with Crippen LogP contribution in [0.5, 0.6) is 5.75 Å². The van der Waals surface area contributed by atoms with Gasteiger partial charge in [-0.25, -0.2) is 9.18 Å². The van der Waals surface area contributed by atoms with Crippen LogP contribution in [0.4, 0.5) is 9.39 Å². The molecule has 128 valence electrons. The van der Waals surface area contributed by atoms with Crippen LogP contribution in [-0.2, 0) is 16.0 Å². The van der Waals surface area contributed by atoms with E-state index in [0.717, 1.165) is 10.4 Å². The van der Waals surface area contributed by atoms with Crippen molar-refractivity contribution in [1.29, 1.82) is 0 Å². The fourth-order valence-electron chi connectivity index (χ4n) is 2.24. The first-order chi connectivity index (χ1) is 11.4. The SMILES string of the molecule is COC(=O)c1c(NC(=O)Cc2ccc(OC)c(F)c2)sc(C)c1C. The zero-order chi connectivity index (χ0) is 17.9. The molecular weight excluding hydrogens is 333 g/mol. The summed E-state index contributed by atoms with van der Waals surface area (Å²) in [5.41, 5.74) is 1.64.